The molecule has 0 saturated heterocycles. The number of rotatable bonds is 6. The van der Waals surface area contributed by atoms with Crippen molar-refractivity contribution >= 4 is 17.3 Å². The van der Waals surface area contributed by atoms with Crippen LogP contribution < -0.4 is 14.8 Å². The van der Waals surface area contributed by atoms with E-state index in [1.54, 1.807) is 14.2 Å². The standard InChI is InChI=1S/C17H20ClNO2/c1-12(19-15-7-5-4-6-14(15)18)10-13-8-9-16(20-2)17(11-13)21-3/h4-9,11-12,19H,10H2,1-3H3. The molecule has 0 aromatic heterocycles. The molecule has 112 valence electrons. The quantitative estimate of drug-likeness (QED) is 0.858. The molecular formula is C17H20ClNO2. The van der Waals surface area contributed by atoms with E-state index in [1.807, 2.05) is 42.5 Å². The maximum atomic E-state index is 6.16. The van der Waals surface area contributed by atoms with Crippen LogP contribution in [0.3, 0.4) is 0 Å². The van der Waals surface area contributed by atoms with E-state index in [0.29, 0.717) is 0 Å². The highest BCUT2D eigenvalue weighted by Gasteiger charge is 2.09. The fourth-order valence-electron chi connectivity index (χ4n) is 2.26. The zero-order chi connectivity index (χ0) is 15.2. The Kier molecular flexibility index (Phi) is 5.34. The van der Waals surface area contributed by atoms with Gasteiger partial charge in [-0.3, -0.25) is 0 Å². The highest BCUT2D eigenvalue weighted by Crippen LogP contribution is 2.28. The molecular weight excluding hydrogens is 286 g/mol. The van der Waals surface area contributed by atoms with Crippen molar-refractivity contribution in [3.05, 3.63) is 53.1 Å². The zero-order valence-corrected chi connectivity index (χ0v) is 13.3. The molecule has 0 heterocycles. The molecule has 2 aromatic rings. The van der Waals surface area contributed by atoms with Crippen LogP contribution in [0.25, 0.3) is 0 Å². The van der Waals surface area contributed by atoms with Crippen molar-refractivity contribution in [2.75, 3.05) is 19.5 Å². The lowest BCUT2D eigenvalue weighted by atomic mass is 10.1. The Morgan fingerprint density at radius 2 is 1.76 bits per heavy atom. The van der Waals surface area contributed by atoms with Gasteiger partial charge in [-0.15, -0.1) is 0 Å². The van der Waals surface area contributed by atoms with Gasteiger partial charge < -0.3 is 14.8 Å². The lowest BCUT2D eigenvalue weighted by Crippen LogP contribution is -2.18. The fourth-order valence-corrected chi connectivity index (χ4v) is 2.45. The maximum absolute atomic E-state index is 6.16. The second-order valence-electron chi connectivity index (χ2n) is 4.92. The lowest BCUT2D eigenvalue weighted by molar-refractivity contribution is 0.354. The molecule has 0 aliphatic rings. The van der Waals surface area contributed by atoms with Crippen LogP contribution in [0.4, 0.5) is 5.69 Å². The van der Waals surface area contributed by atoms with Crippen molar-refractivity contribution < 1.29 is 9.47 Å². The minimum atomic E-state index is 0.253. The zero-order valence-electron chi connectivity index (χ0n) is 12.5. The third kappa shape index (κ3) is 4.05. The predicted octanol–water partition coefficient (Wildman–Crippen LogP) is 4.40. The van der Waals surface area contributed by atoms with E-state index < -0.39 is 0 Å². The molecule has 0 amide bonds. The molecule has 0 spiro atoms. The number of hydrogen-bond donors (Lipinski definition) is 1. The van der Waals surface area contributed by atoms with Crippen molar-refractivity contribution in [3.8, 4) is 11.5 Å². The van der Waals surface area contributed by atoms with Crippen LogP contribution >= 0.6 is 11.6 Å². The van der Waals surface area contributed by atoms with E-state index in [0.717, 1.165) is 28.6 Å². The van der Waals surface area contributed by atoms with Gasteiger partial charge >= 0.3 is 0 Å². The number of ether oxygens (including phenoxy) is 2. The van der Waals surface area contributed by atoms with E-state index in [1.165, 1.54) is 5.56 Å². The van der Waals surface area contributed by atoms with E-state index in [9.17, 15) is 0 Å². The summed E-state index contributed by atoms with van der Waals surface area (Å²) < 4.78 is 10.6. The highest BCUT2D eigenvalue weighted by molar-refractivity contribution is 6.33. The Bertz CT molecular complexity index is 601. The molecule has 0 fully saturated rings. The summed E-state index contributed by atoms with van der Waals surface area (Å²) in [6.45, 7) is 2.13. The second kappa shape index (κ2) is 7.23. The molecule has 0 radical (unpaired) electrons. The monoisotopic (exact) mass is 305 g/mol. The molecule has 0 aliphatic carbocycles. The van der Waals surface area contributed by atoms with Gasteiger partial charge in [0.2, 0.25) is 0 Å². The van der Waals surface area contributed by atoms with Gasteiger partial charge in [0.05, 0.1) is 24.9 Å². The summed E-state index contributed by atoms with van der Waals surface area (Å²) in [6, 6.07) is 14.0. The van der Waals surface area contributed by atoms with Crippen molar-refractivity contribution in [1.82, 2.24) is 0 Å². The van der Waals surface area contributed by atoms with Gasteiger partial charge in [-0.2, -0.15) is 0 Å². The molecule has 0 aliphatic heterocycles. The van der Waals surface area contributed by atoms with Gasteiger partial charge in [-0.25, -0.2) is 0 Å². The third-order valence-electron chi connectivity index (χ3n) is 3.27. The predicted molar refractivity (Wildman–Crippen MR) is 87.8 cm³/mol. The minimum absolute atomic E-state index is 0.253. The minimum Gasteiger partial charge on any atom is -0.493 e. The molecule has 2 aromatic carbocycles. The number of methoxy groups -OCH3 is 2. The average molecular weight is 306 g/mol. The summed E-state index contributed by atoms with van der Waals surface area (Å²) in [7, 11) is 3.28. The summed E-state index contributed by atoms with van der Waals surface area (Å²) in [5.41, 5.74) is 2.13. The van der Waals surface area contributed by atoms with Crippen molar-refractivity contribution in [1.29, 1.82) is 0 Å². The summed E-state index contributed by atoms with van der Waals surface area (Å²) in [5, 5.41) is 4.15. The summed E-state index contributed by atoms with van der Waals surface area (Å²) in [6.07, 6.45) is 0.867. The van der Waals surface area contributed by atoms with E-state index >= 15 is 0 Å². The van der Waals surface area contributed by atoms with Crippen LogP contribution in [0.15, 0.2) is 42.5 Å². The number of anilines is 1. The van der Waals surface area contributed by atoms with E-state index in [2.05, 4.69) is 12.2 Å². The molecule has 4 heteroatoms. The second-order valence-corrected chi connectivity index (χ2v) is 5.33. The molecule has 1 unspecified atom stereocenters. The van der Waals surface area contributed by atoms with Gasteiger partial charge in [0.1, 0.15) is 0 Å². The van der Waals surface area contributed by atoms with Gasteiger partial charge in [0.15, 0.2) is 11.5 Å². The van der Waals surface area contributed by atoms with E-state index in [4.69, 9.17) is 21.1 Å². The Labute approximate surface area is 130 Å². The molecule has 1 atom stereocenters. The van der Waals surface area contributed by atoms with Crippen molar-refractivity contribution in [2.45, 2.75) is 19.4 Å². The van der Waals surface area contributed by atoms with Crippen LogP contribution in [0, 0.1) is 0 Å². The third-order valence-corrected chi connectivity index (χ3v) is 3.60. The number of halogens is 1. The van der Waals surface area contributed by atoms with Crippen molar-refractivity contribution in [2.24, 2.45) is 0 Å². The normalized spacial score (nSPS) is 11.8. The molecule has 0 saturated carbocycles. The first-order valence-corrected chi connectivity index (χ1v) is 7.23. The van der Waals surface area contributed by atoms with Crippen LogP contribution in [0.1, 0.15) is 12.5 Å². The first kappa shape index (κ1) is 15.5. The fraction of sp³-hybridized carbons (Fsp3) is 0.294. The van der Waals surface area contributed by atoms with Gasteiger partial charge in [-0.1, -0.05) is 29.8 Å². The Morgan fingerprint density at radius 3 is 2.43 bits per heavy atom. The number of para-hydroxylation sites is 1. The lowest BCUT2D eigenvalue weighted by Gasteiger charge is -2.17. The molecule has 3 nitrogen and oxygen atoms in total. The van der Waals surface area contributed by atoms with E-state index in [-0.39, 0.29) is 6.04 Å². The SMILES string of the molecule is COc1ccc(CC(C)Nc2ccccc2Cl)cc1OC. The number of hydrogen-bond acceptors (Lipinski definition) is 3. The van der Waals surface area contributed by atoms with Gasteiger partial charge in [0, 0.05) is 6.04 Å². The molecule has 0 bridgehead atoms. The van der Waals surface area contributed by atoms with Crippen LogP contribution in [-0.4, -0.2) is 20.3 Å². The van der Waals surface area contributed by atoms with Crippen molar-refractivity contribution in [3.63, 3.8) is 0 Å². The Morgan fingerprint density at radius 1 is 1.05 bits per heavy atom. The van der Waals surface area contributed by atoms with Crippen LogP contribution in [-0.2, 0) is 6.42 Å². The van der Waals surface area contributed by atoms with Crippen LogP contribution in [0.2, 0.25) is 5.02 Å². The first-order chi connectivity index (χ1) is 10.1. The number of benzene rings is 2. The molecule has 1 N–H and O–H groups in total. The smallest absolute Gasteiger partial charge is 0.160 e. The first-order valence-electron chi connectivity index (χ1n) is 6.86. The van der Waals surface area contributed by atoms with Crippen LogP contribution in [0.5, 0.6) is 11.5 Å². The van der Waals surface area contributed by atoms with Gasteiger partial charge in [-0.05, 0) is 43.2 Å². The summed E-state index contributed by atoms with van der Waals surface area (Å²) in [4.78, 5) is 0. The average Bonchev–Trinajstić information content (AvgIpc) is 2.49. The Hall–Kier alpha value is -1.87. The molecule has 21 heavy (non-hydrogen) atoms. The topological polar surface area (TPSA) is 30.5 Å². The summed E-state index contributed by atoms with van der Waals surface area (Å²) in [5.74, 6) is 1.49. The number of nitrogens with one attached hydrogen (secondary N) is 1. The summed E-state index contributed by atoms with van der Waals surface area (Å²) >= 11 is 6.16. The largest absolute Gasteiger partial charge is 0.493 e. The maximum Gasteiger partial charge on any atom is 0.160 e. The molecule has 2 rings (SSSR count). The van der Waals surface area contributed by atoms with Gasteiger partial charge in [0.25, 0.3) is 0 Å². The highest BCUT2D eigenvalue weighted by atomic mass is 35.5. The Balaban J connectivity index is 2.06.